The van der Waals surface area contributed by atoms with Gasteiger partial charge in [-0.25, -0.2) is 4.39 Å². The SMILES string of the molecule is Fc1cccc(CNc2ccc(OC(F)(F)F)cc2)c1Br. The van der Waals surface area contributed by atoms with Gasteiger partial charge in [-0.1, -0.05) is 12.1 Å². The molecular weight excluding hydrogens is 354 g/mol. The van der Waals surface area contributed by atoms with E-state index in [2.05, 4.69) is 26.0 Å². The van der Waals surface area contributed by atoms with Gasteiger partial charge in [-0.2, -0.15) is 0 Å². The Morgan fingerprint density at radius 3 is 2.33 bits per heavy atom. The Morgan fingerprint density at radius 2 is 1.71 bits per heavy atom. The quantitative estimate of drug-likeness (QED) is 0.763. The predicted octanol–water partition coefficient (Wildman–Crippen LogP) is 5.10. The molecule has 0 aromatic heterocycles. The fourth-order valence-corrected chi connectivity index (χ4v) is 2.06. The van der Waals surface area contributed by atoms with Crippen LogP contribution in [0.1, 0.15) is 5.56 Å². The first kappa shape index (κ1) is 15.6. The molecule has 2 rings (SSSR count). The molecule has 0 saturated carbocycles. The molecule has 0 aliphatic carbocycles. The van der Waals surface area contributed by atoms with Crippen LogP contribution >= 0.6 is 15.9 Å². The highest BCUT2D eigenvalue weighted by Gasteiger charge is 2.30. The molecule has 0 aliphatic heterocycles. The first-order valence-corrected chi connectivity index (χ1v) is 6.67. The first-order chi connectivity index (χ1) is 9.85. The fourth-order valence-electron chi connectivity index (χ4n) is 1.66. The lowest BCUT2D eigenvalue weighted by atomic mass is 10.2. The predicted molar refractivity (Wildman–Crippen MR) is 74.6 cm³/mol. The van der Waals surface area contributed by atoms with Gasteiger partial charge in [-0.15, -0.1) is 13.2 Å². The van der Waals surface area contributed by atoms with Crippen LogP contribution in [0.25, 0.3) is 0 Å². The van der Waals surface area contributed by atoms with Crippen LogP contribution in [0.4, 0.5) is 23.2 Å². The average molecular weight is 364 g/mol. The Hall–Kier alpha value is -1.76. The number of hydrogen-bond donors (Lipinski definition) is 1. The summed E-state index contributed by atoms with van der Waals surface area (Å²) in [6.45, 7) is 0.331. The van der Waals surface area contributed by atoms with Gasteiger partial charge >= 0.3 is 6.36 Å². The Labute approximate surface area is 126 Å². The number of anilines is 1. The summed E-state index contributed by atoms with van der Waals surface area (Å²) >= 11 is 3.14. The van der Waals surface area contributed by atoms with Crippen LogP contribution < -0.4 is 10.1 Å². The zero-order valence-corrected chi connectivity index (χ0v) is 12.1. The van der Waals surface area contributed by atoms with Crippen LogP contribution in [0.5, 0.6) is 5.75 Å². The molecule has 7 heteroatoms. The van der Waals surface area contributed by atoms with E-state index in [9.17, 15) is 17.6 Å². The van der Waals surface area contributed by atoms with Crippen molar-refractivity contribution in [3.05, 3.63) is 58.3 Å². The third-order valence-electron chi connectivity index (χ3n) is 2.60. The molecular formula is C14H10BrF4NO. The van der Waals surface area contributed by atoms with Crippen molar-refractivity contribution in [1.82, 2.24) is 0 Å². The van der Waals surface area contributed by atoms with E-state index in [0.717, 1.165) is 0 Å². The highest BCUT2D eigenvalue weighted by atomic mass is 79.9. The maximum atomic E-state index is 13.3. The molecule has 2 aromatic carbocycles. The number of nitrogens with one attached hydrogen (secondary N) is 1. The molecule has 0 amide bonds. The van der Waals surface area contributed by atoms with Gasteiger partial charge in [0.2, 0.25) is 0 Å². The molecule has 2 aromatic rings. The molecule has 2 nitrogen and oxygen atoms in total. The molecule has 0 saturated heterocycles. The normalized spacial score (nSPS) is 11.3. The number of ether oxygens (including phenoxy) is 1. The fraction of sp³-hybridized carbons (Fsp3) is 0.143. The molecule has 0 spiro atoms. The Kier molecular flexibility index (Phi) is 4.72. The minimum absolute atomic E-state index is 0.292. The van der Waals surface area contributed by atoms with E-state index in [1.54, 1.807) is 12.1 Å². The lowest BCUT2D eigenvalue weighted by Gasteiger charge is -2.11. The lowest BCUT2D eigenvalue weighted by molar-refractivity contribution is -0.274. The summed E-state index contributed by atoms with van der Waals surface area (Å²) < 4.78 is 53.5. The number of rotatable bonds is 4. The van der Waals surface area contributed by atoms with Crippen LogP contribution in [0.2, 0.25) is 0 Å². The molecule has 112 valence electrons. The summed E-state index contributed by atoms with van der Waals surface area (Å²) in [6.07, 6.45) is -4.71. The van der Waals surface area contributed by atoms with Gasteiger partial charge in [-0.3, -0.25) is 0 Å². The molecule has 0 aliphatic rings. The highest BCUT2D eigenvalue weighted by Crippen LogP contribution is 2.25. The van der Waals surface area contributed by atoms with Crippen LogP contribution in [-0.2, 0) is 6.54 Å². The van der Waals surface area contributed by atoms with Gasteiger partial charge in [0.05, 0.1) is 4.47 Å². The minimum Gasteiger partial charge on any atom is -0.406 e. The standard InChI is InChI=1S/C14H10BrF4NO/c15-13-9(2-1-3-12(13)16)8-20-10-4-6-11(7-5-10)21-14(17,18)19/h1-7,20H,8H2. The highest BCUT2D eigenvalue weighted by molar-refractivity contribution is 9.10. The zero-order chi connectivity index (χ0) is 15.5. The van der Waals surface area contributed by atoms with Gasteiger partial charge in [0.25, 0.3) is 0 Å². The molecule has 0 radical (unpaired) electrons. The van der Waals surface area contributed by atoms with Gasteiger partial charge in [0.1, 0.15) is 11.6 Å². The number of alkyl halides is 3. The van der Waals surface area contributed by atoms with Crippen LogP contribution in [0.15, 0.2) is 46.9 Å². The van der Waals surface area contributed by atoms with E-state index in [1.807, 2.05) is 0 Å². The summed E-state index contributed by atoms with van der Waals surface area (Å²) in [4.78, 5) is 0. The van der Waals surface area contributed by atoms with E-state index in [1.165, 1.54) is 30.3 Å². The van der Waals surface area contributed by atoms with E-state index in [0.29, 0.717) is 22.3 Å². The van der Waals surface area contributed by atoms with E-state index >= 15 is 0 Å². The molecule has 0 atom stereocenters. The van der Waals surface area contributed by atoms with E-state index < -0.39 is 6.36 Å². The van der Waals surface area contributed by atoms with Crippen molar-refractivity contribution in [2.75, 3.05) is 5.32 Å². The van der Waals surface area contributed by atoms with Crippen molar-refractivity contribution in [3.8, 4) is 5.75 Å². The van der Waals surface area contributed by atoms with Crippen molar-refractivity contribution in [3.63, 3.8) is 0 Å². The van der Waals surface area contributed by atoms with Gasteiger partial charge < -0.3 is 10.1 Å². The van der Waals surface area contributed by atoms with Gasteiger partial charge in [0, 0.05) is 12.2 Å². The van der Waals surface area contributed by atoms with Crippen LogP contribution in [0, 0.1) is 5.82 Å². The molecule has 1 N–H and O–H groups in total. The summed E-state index contributed by atoms with van der Waals surface area (Å²) in [5.41, 5.74) is 1.30. The second-order valence-corrected chi connectivity index (χ2v) is 4.93. The molecule has 0 heterocycles. The summed E-state index contributed by atoms with van der Waals surface area (Å²) in [5, 5.41) is 2.99. The number of benzene rings is 2. The molecule has 21 heavy (non-hydrogen) atoms. The van der Waals surface area contributed by atoms with Crippen molar-refractivity contribution in [1.29, 1.82) is 0 Å². The second-order valence-electron chi connectivity index (χ2n) is 4.14. The Bertz CT molecular complexity index is 613. The summed E-state index contributed by atoms with van der Waals surface area (Å²) in [6, 6.07) is 9.96. The summed E-state index contributed by atoms with van der Waals surface area (Å²) in [5.74, 6) is -0.664. The molecule has 0 fully saturated rings. The monoisotopic (exact) mass is 363 g/mol. The lowest BCUT2D eigenvalue weighted by Crippen LogP contribution is -2.17. The second kappa shape index (κ2) is 6.34. The van der Waals surface area contributed by atoms with E-state index in [-0.39, 0.29) is 11.6 Å². The number of halogens is 5. The maximum absolute atomic E-state index is 13.3. The van der Waals surface area contributed by atoms with Crippen molar-refractivity contribution < 1.29 is 22.3 Å². The van der Waals surface area contributed by atoms with Crippen LogP contribution in [0.3, 0.4) is 0 Å². The zero-order valence-electron chi connectivity index (χ0n) is 10.5. The van der Waals surface area contributed by atoms with Crippen LogP contribution in [-0.4, -0.2) is 6.36 Å². The van der Waals surface area contributed by atoms with Crippen molar-refractivity contribution >= 4 is 21.6 Å². The average Bonchev–Trinajstić information content (AvgIpc) is 2.40. The first-order valence-electron chi connectivity index (χ1n) is 5.88. The van der Waals surface area contributed by atoms with Crippen molar-refractivity contribution in [2.45, 2.75) is 12.9 Å². The third-order valence-corrected chi connectivity index (χ3v) is 3.49. The Balaban J connectivity index is 1.99. The number of hydrogen-bond acceptors (Lipinski definition) is 2. The minimum atomic E-state index is -4.71. The van der Waals surface area contributed by atoms with E-state index in [4.69, 9.17) is 0 Å². The molecule has 0 bridgehead atoms. The van der Waals surface area contributed by atoms with Gasteiger partial charge in [0.15, 0.2) is 0 Å². The topological polar surface area (TPSA) is 21.3 Å². The van der Waals surface area contributed by atoms with Crippen molar-refractivity contribution in [2.24, 2.45) is 0 Å². The molecule has 0 unspecified atom stereocenters. The largest absolute Gasteiger partial charge is 0.573 e. The maximum Gasteiger partial charge on any atom is 0.573 e. The third kappa shape index (κ3) is 4.63. The Morgan fingerprint density at radius 1 is 1.05 bits per heavy atom. The van der Waals surface area contributed by atoms with Gasteiger partial charge in [-0.05, 0) is 51.8 Å². The summed E-state index contributed by atoms with van der Waals surface area (Å²) in [7, 11) is 0. The smallest absolute Gasteiger partial charge is 0.406 e.